The minimum absolute atomic E-state index is 0.0141. The molecule has 2 N–H and O–H groups in total. The van der Waals surface area contributed by atoms with Crippen molar-refractivity contribution in [2.45, 2.75) is 0 Å². The summed E-state index contributed by atoms with van der Waals surface area (Å²) in [5.74, 6) is -0.348. The molecular weight excluding hydrogens is 332 g/mol. The molecule has 0 aliphatic rings. The van der Waals surface area contributed by atoms with Crippen LogP contribution in [0, 0.1) is 0 Å². The van der Waals surface area contributed by atoms with Crippen LogP contribution in [0.4, 0.5) is 0 Å². The maximum Gasteiger partial charge on any atom is 0.354 e. The molecule has 4 aromatic rings. The molecule has 7 nitrogen and oxygen atoms in total. The summed E-state index contributed by atoms with van der Waals surface area (Å²) in [6.07, 6.45) is 3.13. The number of H-pyrrole nitrogens is 1. The number of hydrogen-bond donors (Lipinski definition) is 2. The molecule has 0 unspecified atom stereocenters. The number of aromatic carboxylic acids is 1. The maximum absolute atomic E-state index is 11.2. The third kappa shape index (κ3) is 2.65. The Labute approximate surface area is 148 Å². The molecule has 3 heterocycles. The molecule has 26 heavy (non-hydrogen) atoms. The first-order chi connectivity index (χ1) is 12.7. The molecule has 0 radical (unpaired) electrons. The van der Waals surface area contributed by atoms with Crippen LogP contribution in [-0.2, 0) is 0 Å². The Kier molecular flexibility index (Phi) is 3.81. The summed E-state index contributed by atoms with van der Waals surface area (Å²) in [7, 11) is 1.62. The first-order valence-corrected chi connectivity index (χ1v) is 7.84. The van der Waals surface area contributed by atoms with Gasteiger partial charge in [-0.25, -0.2) is 14.8 Å². The van der Waals surface area contributed by atoms with Crippen molar-refractivity contribution in [1.82, 2.24) is 20.2 Å². The standard InChI is InChI=1S/C19H14N4O3/c1-26-16-5-3-2-4-13(16)17-14-8-12(10-21-18(14)23-22-17)11-6-7-20-15(9-11)19(24)25/h2-10H,1H3,(H,24,25)(H,21,22,23). The molecule has 0 saturated carbocycles. The summed E-state index contributed by atoms with van der Waals surface area (Å²) < 4.78 is 5.43. The number of aromatic amines is 1. The number of carboxylic acid groups (broad SMARTS) is 1. The molecule has 0 fully saturated rings. The largest absolute Gasteiger partial charge is 0.496 e. The molecule has 0 amide bonds. The third-order valence-electron chi connectivity index (χ3n) is 4.10. The monoisotopic (exact) mass is 346 g/mol. The molecule has 0 aliphatic carbocycles. The molecule has 0 atom stereocenters. The number of para-hydroxylation sites is 1. The van der Waals surface area contributed by atoms with Gasteiger partial charge in [-0.1, -0.05) is 12.1 Å². The number of hydrogen-bond acceptors (Lipinski definition) is 5. The van der Waals surface area contributed by atoms with Crippen LogP contribution in [-0.4, -0.2) is 38.4 Å². The number of ether oxygens (including phenoxy) is 1. The zero-order valence-electron chi connectivity index (χ0n) is 13.8. The smallest absolute Gasteiger partial charge is 0.354 e. The quantitative estimate of drug-likeness (QED) is 0.587. The summed E-state index contributed by atoms with van der Waals surface area (Å²) in [6, 6.07) is 12.8. The first kappa shape index (κ1) is 15.8. The highest BCUT2D eigenvalue weighted by Gasteiger charge is 2.14. The normalized spacial score (nSPS) is 10.8. The van der Waals surface area contributed by atoms with Crippen LogP contribution in [0.5, 0.6) is 5.75 Å². The molecule has 128 valence electrons. The van der Waals surface area contributed by atoms with Crippen molar-refractivity contribution in [3.63, 3.8) is 0 Å². The minimum Gasteiger partial charge on any atom is -0.496 e. The van der Waals surface area contributed by atoms with E-state index in [0.29, 0.717) is 5.65 Å². The zero-order valence-corrected chi connectivity index (χ0v) is 13.8. The number of nitrogens with zero attached hydrogens (tertiary/aromatic N) is 3. The third-order valence-corrected chi connectivity index (χ3v) is 4.10. The number of nitrogens with one attached hydrogen (secondary N) is 1. The van der Waals surface area contributed by atoms with E-state index in [-0.39, 0.29) is 5.69 Å². The van der Waals surface area contributed by atoms with Crippen LogP contribution in [0.2, 0.25) is 0 Å². The Balaban J connectivity index is 1.88. The van der Waals surface area contributed by atoms with Crippen molar-refractivity contribution < 1.29 is 14.6 Å². The lowest BCUT2D eigenvalue weighted by atomic mass is 10.0. The van der Waals surface area contributed by atoms with Gasteiger partial charge in [-0.15, -0.1) is 0 Å². The lowest BCUT2D eigenvalue weighted by Crippen LogP contribution is -1.99. The fraction of sp³-hybridized carbons (Fsp3) is 0.0526. The molecule has 0 aliphatic heterocycles. The Hall–Kier alpha value is -3.74. The Morgan fingerprint density at radius 1 is 1.12 bits per heavy atom. The van der Waals surface area contributed by atoms with Crippen LogP contribution < -0.4 is 4.74 Å². The second-order valence-electron chi connectivity index (χ2n) is 5.63. The lowest BCUT2D eigenvalue weighted by molar-refractivity contribution is 0.0690. The average Bonchev–Trinajstić information content (AvgIpc) is 3.11. The molecular formula is C19H14N4O3. The zero-order chi connectivity index (χ0) is 18.1. The number of carbonyl (C=O) groups is 1. The predicted octanol–water partition coefficient (Wildman–Crippen LogP) is 3.39. The SMILES string of the molecule is COc1ccccc1-c1[nH]nc2ncc(-c3ccnc(C(=O)O)c3)cc12. The molecule has 0 bridgehead atoms. The average molecular weight is 346 g/mol. The van der Waals surface area contributed by atoms with E-state index in [2.05, 4.69) is 20.2 Å². The van der Waals surface area contributed by atoms with E-state index in [1.807, 2.05) is 30.3 Å². The number of aromatic nitrogens is 4. The summed E-state index contributed by atoms with van der Waals surface area (Å²) in [5.41, 5.74) is 3.72. The summed E-state index contributed by atoms with van der Waals surface area (Å²) in [6.45, 7) is 0. The number of methoxy groups -OCH3 is 1. The van der Waals surface area contributed by atoms with Crippen molar-refractivity contribution in [3.8, 4) is 28.1 Å². The van der Waals surface area contributed by atoms with Crippen LogP contribution in [0.1, 0.15) is 10.5 Å². The maximum atomic E-state index is 11.2. The number of carboxylic acids is 1. The number of rotatable bonds is 4. The van der Waals surface area contributed by atoms with Gasteiger partial charge in [-0.3, -0.25) is 5.10 Å². The number of fused-ring (bicyclic) bond motifs is 1. The van der Waals surface area contributed by atoms with Gasteiger partial charge in [0.2, 0.25) is 0 Å². The second kappa shape index (κ2) is 6.29. The lowest BCUT2D eigenvalue weighted by Gasteiger charge is -2.07. The van der Waals surface area contributed by atoms with Gasteiger partial charge >= 0.3 is 5.97 Å². The molecule has 7 heteroatoms. The van der Waals surface area contributed by atoms with Gasteiger partial charge in [0, 0.05) is 28.9 Å². The van der Waals surface area contributed by atoms with E-state index in [9.17, 15) is 4.79 Å². The van der Waals surface area contributed by atoms with E-state index in [4.69, 9.17) is 9.84 Å². The van der Waals surface area contributed by atoms with Crippen molar-refractivity contribution in [2.75, 3.05) is 7.11 Å². The second-order valence-corrected chi connectivity index (χ2v) is 5.63. The van der Waals surface area contributed by atoms with E-state index < -0.39 is 5.97 Å². The van der Waals surface area contributed by atoms with E-state index >= 15 is 0 Å². The fourth-order valence-corrected chi connectivity index (χ4v) is 2.84. The van der Waals surface area contributed by atoms with Gasteiger partial charge in [0.1, 0.15) is 11.4 Å². The van der Waals surface area contributed by atoms with Crippen molar-refractivity contribution >= 4 is 17.0 Å². The Morgan fingerprint density at radius 2 is 1.96 bits per heavy atom. The van der Waals surface area contributed by atoms with Crippen molar-refractivity contribution in [2.24, 2.45) is 0 Å². The Morgan fingerprint density at radius 3 is 2.77 bits per heavy atom. The van der Waals surface area contributed by atoms with Crippen LogP contribution in [0.15, 0.2) is 54.9 Å². The number of benzene rings is 1. The first-order valence-electron chi connectivity index (χ1n) is 7.84. The van der Waals surface area contributed by atoms with Crippen LogP contribution in [0.25, 0.3) is 33.4 Å². The minimum atomic E-state index is -1.07. The van der Waals surface area contributed by atoms with E-state index in [0.717, 1.165) is 33.5 Å². The van der Waals surface area contributed by atoms with Crippen LogP contribution in [0.3, 0.4) is 0 Å². The summed E-state index contributed by atoms with van der Waals surface area (Å²) >= 11 is 0. The molecule has 0 saturated heterocycles. The highest BCUT2D eigenvalue weighted by molar-refractivity contribution is 5.95. The summed E-state index contributed by atoms with van der Waals surface area (Å²) in [5, 5.41) is 17.2. The van der Waals surface area contributed by atoms with Gasteiger partial charge < -0.3 is 9.84 Å². The van der Waals surface area contributed by atoms with Crippen LogP contribution >= 0.6 is 0 Å². The van der Waals surface area contributed by atoms with E-state index in [1.54, 1.807) is 19.4 Å². The topological polar surface area (TPSA) is 101 Å². The van der Waals surface area contributed by atoms with Gasteiger partial charge in [-0.05, 0) is 35.9 Å². The van der Waals surface area contributed by atoms with Gasteiger partial charge in [-0.2, -0.15) is 5.10 Å². The molecule has 0 spiro atoms. The van der Waals surface area contributed by atoms with Gasteiger partial charge in [0.15, 0.2) is 5.65 Å². The van der Waals surface area contributed by atoms with Crippen molar-refractivity contribution in [1.29, 1.82) is 0 Å². The highest BCUT2D eigenvalue weighted by atomic mass is 16.5. The Bertz CT molecular complexity index is 1120. The van der Waals surface area contributed by atoms with Gasteiger partial charge in [0.05, 0.1) is 12.8 Å². The predicted molar refractivity (Wildman–Crippen MR) is 96.1 cm³/mol. The molecule has 1 aromatic carbocycles. The molecule has 4 rings (SSSR count). The summed E-state index contributed by atoms with van der Waals surface area (Å²) in [4.78, 5) is 19.4. The number of pyridine rings is 2. The highest BCUT2D eigenvalue weighted by Crippen LogP contribution is 2.34. The fourth-order valence-electron chi connectivity index (χ4n) is 2.84. The molecule has 3 aromatic heterocycles. The van der Waals surface area contributed by atoms with Gasteiger partial charge in [0.25, 0.3) is 0 Å². The van der Waals surface area contributed by atoms with E-state index in [1.165, 1.54) is 12.3 Å². The van der Waals surface area contributed by atoms with Crippen molar-refractivity contribution in [3.05, 3.63) is 60.6 Å².